The third kappa shape index (κ3) is 6.02. The Labute approximate surface area is 206 Å². The number of hydrogen-bond acceptors (Lipinski definition) is 4. The van der Waals surface area contributed by atoms with Gasteiger partial charge in [-0.1, -0.05) is 68.3 Å². The molecular weight excluding hydrogens is 444 g/mol. The number of carboxylic acids is 1. The van der Waals surface area contributed by atoms with E-state index in [0.29, 0.717) is 32.2 Å². The molecule has 1 fully saturated rings. The van der Waals surface area contributed by atoms with E-state index in [1.807, 2.05) is 31.2 Å². The number of carbonyl (C=O) groups excluding carboxylic acids is 2. The number of carbonyl (C=O) groups is 3. The summed E-state index contributed by atoms with van der Waals surface area (Å²) in [7, 11) is 0. The first-order chi connectivity index (χ1) is 16.9. The van der Waals surface area contributed by atoms with E-state index >= 15 is 0 Å². The number of rotatable bonds is 10. The molecule has 0 saturated heterocycles. The molecule has 1 unspecified atom stereocenters. The molecule has 186 valence electrons. The molecule has 0 aliphatic heterocycles. The molecule has 7 heteroatoms. The van der Waals surface area contributed by atoms with E-state index in [1.54, 1.807) is 0 Å². The van der Waals surface area contributed by atoms with Crippen LogP contribution in [-0.4, -0.2) is 41.8 Å². The number of amides is 2. The Balaban J connectivity index is 1.20. The average molecular weight is 479 g/mol. The van der Waals surface area contributed by atoms with Crippen molar-refractivity contribution < 1.29 is 24.2 Å². The second-order valence-corrected chi connectivity index (χ2v) is 9.96. The first-order valence-electron chi connectivity index (χ1n) is 12.5. The van der Waals surface area contributed by atoms with Crippen molar-refractivity contribution in [1.82, 2.24) is 10.6 Å². The number of alkyl carbamates (subject to hydrolysis) is 1. The fourth-order valence-electron chi connectivity index (χ4n) is 5.43. The zero-order valence-corrected chi connectivity index (χ0v) is 20.2. The van der Waals surface area contributed by atoms with Crippen LogP contribution in [0.25, 0.3) is 11.1 Å². The van der Waals surface area contributed by atoms with Crippen molar-refractivity contribution in [3.8, 4) is 11.1 Å². The van der Waals surface area contributed by atoms with E-state index in [4.69, 9.17) is 4.74 Å². The topological polar surface area (TPSA) is 105 Å². The Kier molecular flexibility index (Phi) is 7.73. The van der Waals surface area contributed by atoms with Crippen molar-refractivity contribution in [3.05, 3.63) is 59.7 Å². The monoisotopic (exact) mass is 478 g/mol. The standard InChI is InChI=1S/C28H34N2O5/c1-19(12-13-25(31)30-28(16-26(32)33)14-6-7-15-28)17-29-27(34)35-18-24-22-10-4-2-8-20(22)21-9-3-5-11-23(21)24/h2-5,8-11,19,24H,6-7,12-18H2,1H3,(H,29,34)(H,30,31)(H,32,33). The van der Waals surface area contributed by atoms with Crippen LogP contribution in [0.4, 0.5) is 4.79 Å². The summed E-state index contributed by atoms with van der Waals surface area (Å²) in [6, 6.07) is 16.4. The summed E-state index contributed by atoms with van der Waals surface area (Å²) in [5.41, 5.74) is 4.11. The van der Waals surface area contributed by atoms with Gasteiger partial charge >= 0.3 is 12.1 Å². The Morgan fingerprint density at radius 3 is 2.23 bits per heavy atom. The van der Waals surface area contributed by atoms with Gasteiger partial charge in [-0.25, -0.2) is 4.79 Å². The number of ether oxygens (including phenoxy) is 1. The van der Waals surface area contributed by atoms with Gasteiger partial charge in [-0.05, 0) is 47.4 Å². The Morgan fingerprint density at radius 1 is 1.03 bits per heavy atom. The SMILES string of the molecule is CC(CCC(=O)NC1(CC(=O)O)CCCC1)CNC(=O)OCC1c2ccccc2-c2ccccc21. The average Bonchev–Trinajstić information content (AvgIpc) is 3.42. The molecule has 35 heavy (non-hydrogen) atoms. The molecular formula is C28H34N2O5. The van der Waals surface area contributed by atoms with Crippen LogP contribution in [0.3, 0.4) is 0 Å². The highest BCUT2D eigenvalue weighted by Crippen LogP contribution is 2.44. The molecule has 1 saturated carbocycles. The minimum absolute atomic E-state index is 0.0166. The molecule has 2 aromatic carbocycles. The summed E-state index contributed by atoms with van der Waals surface area (Å²) < 4.78 is 5.57. The highest BCUT2D eigenvalue weighted by Gasteiger charge is 2.37. The third-order valence-corrected chi connectivity index (χ3v) is 7.26. The van der Waals surface area contributed by atoms with Crippen molar-refractivity contribution in [2.24, 2.45) is 5.92 Å². The summed E-state index contributed by atoms with van der Waals surface area (Å²) in [6.45, 7) is 2.64. The number of aliphatic carboxylic acids is 1. The smallest absolute Gasteiger partial charge is 0.407 e. The molecule has 4 rings (SSSR count). The van der Waals surface area contributed by atoms with Crippen molar-refractivity contribution >= 4 is 18.0 Å². The van der Waals surface area contributed by atoms with E-state index in [1.165, 1.54) is 22.3 Å². The highest BCUT2D eigenvalue weighted by molar-refractivity contribution is 5.79. The highest BCUT2D eigenvalue weighted by atomic mass is 16.5. The number of carboxylic acid groups (broad SMARTS) is 1. The maximum atomic E-state index is 12.5. The van der Waals surface area contributed by atoms with Crippen LogP contribution in [0, 0.1) is 5.92 Å². The van der Waals surface area contributed by atoms with Crippen LogP contribution < -0.4 is 10.6 Å². The van der Waals surface area contributed by atoms with Crippen LogP contribution in [0.15, 0.2) is 48.5 Å². The summed E-state index contributed by atoms with van der Waals surface area (Å²) in [6.07, 6.45) is 3.70. The number of hydrogen-bond donors (Lipinski definition) is 3. The molecule has 2 aromatic rings. The van der Waals surface area contributed by atoms with Crippen molar-refractivity contribution in [1.29, 1.82) is 0 Å². The quantitative estimate of drug-likeness (QED) is 0.453. The minimum atomic E-state index is -0.882. The number of benzene rings is 2. The van der Waals surface area contributed by atoms with Gasteiger partial charge in [0.1, 0.15) is 6.61 Å². The van der Waals surface area contributed by atoms with Crippen molar-refractivity contribution in [2.75, 3.05) is 13.2 Å². The normalized spacial score (nSPS) is 16.7. The molecule has 0 spiro atoms. The molecule has 0 heterocycles. The largest absolute Gasteiger partial charge is 0.481 e. The van der Waals surface area contributed by atoms with Gasteiger partial charge in [0.25, 0.3) is 0 Å². The first-order valence-corrected chi connectivity index (χ1v) is 12.5. The van der Waals surface area contributed by atoms with E-state index in [0.717, 1.165) is 12.8 Å². The maximum absolute atomic E-state index is 12.5. The van der Waals surface area contributed by atoms with Gasteiger partial charge in [0.2, 0.25) is 5.91 Å². The van der Waals surface area contributed by atoms with Crippen LogP contribution in [0.5, 0.6) is 0 Å². The summed E-state index contributed by atoms with van der Waals surface area (Å²) in [5.74, 6) is -0.905. The Hall–Kier alpha value is -3.35. The second-order valence-electron chi connectivity index (χ2n) is 9.96. The predicted octanol–water partition coefficient (Wildman–Crippen LogP) is 4.85. The van der Waals surface area contributed by atoms with Gasteiger partial charge < -0.3 is 20.5 Å². The minimum Gasteiger partial charge on any atom is -0.481 e. The van der Waals surface area contributed by atoms with Crippen molar-refractivity contribution in [2.45, 2.75) is 63.3 Å². The lowest BCUT2D eigenvalue weighted by molar-refractivity contribution is -0.139. The lowest BCUT2D eigenvalue weighted by Crippen LogP contribution is -2.47. The second kappa shape index (κ2) is 10.9. The van der Waals surface area contributed by atoms with Gasteiger partial charge in [-0.2, -0.15) is 0 Å². The Bertz CT molecular complexity index is 1030. The summed E-state index contributed by atoms with van der Waals surface area (Å²) >= 11 is 0. The molecule has 0 radical (unpaired) electrons. The van der Waals surface area contributed by atoms with E-state index < -0.39 is 17.6 Å². The molecule has 1 atom stereocenters. The lowest BCUT2D eigenvalue weighted by atomic mass is 9.92. The van der Waals surface area contributed by atoms with E-state index in [9.17, 15) is 19.5 Å². The molecule has 2 aliphatic rings. The lowest BCUT2D eigenvalue weighted by Gasteiger charge is -2.29. The van der Waals surface area contributed by atoms with Crippen LogP contribution in [0.2, 0.25) is 0 Å². The van der Waals surface area contributed by atoms with Gasteiger partial charge in [-0.3, -0.25) is 9.59 Å². The molecule has 2 amide bonds. The van der Waals surface area contributed by atoms with Crippen molar-refractivity contribution in [3.63, 3.8) is 0 Å². The molecule has 7 nitrogen and oxygen atoms in total. The van der Waals surface area contributed by atoms with Gasteiger partial charge in [0, 0.05) is 18.9 Å². The van der Waals surface area contributed by atoms with E-state index in [2.05, 4.69) is 34.9 Å². The molecule has 3 N–H and O–H groups in total. The zero-order chi connectivity index (χ0) is 24.8. The van der Waals surface area contributed by atoms with Crippen LogP contribution in [0.1, 0.15) is 68.9 Å². The van der Waals surface area contributed by atoms with Gasteiger partial charge in [-0.15, -0.1) is 0 Å². The van der Waals surface area contributed by atoms with Crippen LogP contribution >= 0.6 is 0 Å². The molecule has 0 aromatic heterocycles. The number of nitrogens with one attached hydrogen (secondary N) is 2. The predicted molar refractivity (Wildman–Crippen MR) is 133 cm³/mol. The number of fused-ring (bicyclic) bond motifs is 3. The van der Waals surface area contributed by atoms with Crippen LogP contribution in [-0.2, 0) is 14.3 Å². The van der Waals surface area contributed by atoms with E-state index in [-0.39, 0.29) is 30.8 Å². The maximum Gasteiger partial charge on any atom is 0.407 e. The fraction of sp³-hybridized carbons (Fsp3) is 0.464. The zero-order valence-electron chi connectivity index (χ0n) is 20.2. The third-order valence-electron chi connectivity index (χ3n) is 7.26. The Morgan fingerprint density at radius 2 is 1.63 bits per heavy atom. The summed E-state index contributed by atoms with van der Waals surface area (Å²) in [4.78, 5) is 36.0. The van der Waals surface area contributed by atoms with Gasteiger partial charge in [0.15, 0.2) is 0 Å². The fourth-order valence-corrected chi connectivity index (χ4v) is 5.43. The summed E-state index contributed by atoms with van der Waals surface area (Å²) in [5, 5.41) is 15.0. The first kappa shape index (κ1) is 24.8. The molecule has 0 bridgehead atoms. The molecule has 2 aliphatic carbocycles. The van der Waals surface area contributed by atoms with Gasteiger partial charge in [0.05, 0.1) is 12.0 Å².